The minimum Gasteiger partial charge on any atom is -0.340 e. The lowest BCUT2D eigenvalue weighted by atomic mass is 9.95. The maximum Gasteiger partial charge on any atom is 0.242 e. The molecular weight excluding hydrogens is 214 g/mol. The van der Waals surface area contributed by atoms with Crippen molar-refractivity contribution >= 4 is 5.91 Å². The van der Waals surface area contributed by atoms with Crippen LogP contribution in [0.25, 0.3) is 0 Å². The second kappa shape index (κ2) is 7.67. The minimum absolute atomic E-state index is 0.0862. The van der Waals surface area contributed by atoms with Crippen molar-refractivity contribution in [3.8, 4) is 0 Å². The van der Waals surface area contributed by atoms with Crippen molar-refractivity contribution in [1.29, 1.82) is 0 Å². The molecule has 4 heteroatoms. The molecule has 2 N–H and O–H groups in total. The quantitative estimate of drug-likeness (QED) is 0.699. The van der Waals surface area contributed by atoms with E-state index in [1.54, 1.807) is 0 Å². The maximum atomic E-state index is 12.3. The zero-order valence-electron chi connectivity index (χ0n) is 12.1. The van der Waals surface area contributed by atoms with E-state index in [9.17, 15) is 4.79 Å². The van der Waals surface area contributed by atoms with Gasteiger partial charge in [-0.1, -0.05) is 20.3 Å². The number of carbonyl (C=O) groups is 1. The summed E-state index contributed by atoms with van der Waals surface area (Å²) in [6.07, 6.45) is 2.65. The first-order chi connectivity index (χ1) is 7.85. The zero-order valence-corrected chi connectivity index (χ0v) is 12.1. The molecular formula is C13H29N3O. The number of hydrogen-bond donors (Lipinski definition) is 1. The fourth-order valence-electron chi connectivity index (χ4n) is 1.89. The summed E-state index contributed by atoms with van der Waals surface area (Å²) in [4.78, 5) is 16.3. The molecule has 0 aliphatic heterocycles. The van der Waals surface area contributed by atoms with Crippen molar-refractivity contribution in [1.82, 2.24) is 9.80 Å². The molecule has 0 aromatic carbocycles. The topological polar surface area (TPSA) is 49.6 Å². The van der Waals surface area contributed by atoms with Gasteiger partial charge in [0.05, 0.1) is 5.54 Å². The molecule has 17 heavy (non-hydrogen) atoms. The lowest BCUT2D eigenvalue weighted by molar-refractivity contribution is -0.136. The van der Waals surface area contributed by atoms with Crippen LogP contribution in [0.1, 0.15) is 40.0 Å². The van der Waals surface area contributed by atoms with Crippen molar-refractivity contribution in [2.45, 2.75) is 45.6 Å². The van der Waals surface area contributed by atoms with Crippen LogP contribution in [0.4, 0.5) is 0 Å². The van der Waals surface area contributed by atoms with Gasteiger partial charge in [-0.25, -0.2) is 0 Å². The van der Waals surface area contributed by atoms with E-state index in [1.807, 2.05) is 25.9 Å². The highest BCUT2D eigenvalue weighted by Crippen LogP contribution is 2.13. The molecule has 0 spiro atoms. The van der Waals surface area contributed by atoms with E-state index in [2.05, 4.69) is 18.7 Å². The molecule has 0 saturated heterocycles. The van der Waals surface area contributed by atoms with Crippen LogP contribution in [-0.4, -0.2) is 55.0 Å². The SMILES string of the molecule is CCCN(CCN(C)C)C(=O)C(C)(N)CCC. The summed E-state index contributed by atoms with van der Waals surface area (Å²) in [5.74, 6) is 0.0862. The highest BCUT2D eigenvalue weighted by molar-refractivity contribution is 5.85. The van der Waals surface area contributed by atoms with Gasteiger partial charge >= 0.3 is 0 Å². The molecule has 0 heterocycles. The van der Waals surface area contributed by atoms with Crippen LogP contribution >= 0.6 is 0 Å². The highest BCUT2D eigenvalue weighted by atomic mass is 16.2. The number of hydrogen-bond acceptors (Lipinski definition) is 3. The Hall–Kier alpha value is -0.610. The molecule has 0 saturated carbocycles. The molecule has 0 radical (unpaired) electrons. The van der Waals surface area contributed by atoms with Crippen molar-refractivity contribution in [2.24, 2.45) is 5.73 Å². The normalized spacial score (nSPS) is 14.8. The minimum atomic E-state index is -0.712. The van der Waals surface area contributed by atoms with Crippen LogP contribution in [0.3, 0.4) is 0 Å². The monoisotopic (exact) mass is 243 g/mol. The van der Waals surface area contributed by atoms with Gasteiger partial charge in [-0.15, -0.1) is 0 Å². The standard InChI is InChI=1S/C13H29N3O/c1-6-8-13(3,14)12(17)16(9-7-2)11-10-15(4)5/h6-11,14H2,1-5H3. The number of carbonyl (C=O) groups excluding carboxylic acids is 1. The van der Waals surface area contributed by atoms with Gasteiger partial charge in [-0.3, -0.25) is 4.79 Å². The predicted octanol–water partition coefficient (Wildman–Crippen LogP) is 1.30. The van der Waals surface area contributed by atoms with Gasteiger partial charge in [-0.2, -0.15) is 0 Å². The molecule has 0 rings (SSSR count). The Balaban J connectivity index is 4.51. The summed E-state index contributed by atoms with van der Waals surface area (Å²) in [6.45, 7) is 8.43. The molecule has 1 atom stereocenters. The third-order valence-electron chi connectivity index (χ3n) is 2.86. The van der Waals surface area contributed by atoms with E-state index in [0.29, 0.717) is 0 Å². The first-order valence-electron chi connectivity index (χ1n) is 6.58. The summed E-state index contributed by atoms with van der Waals surface area (Å²) < 4.78 is 0. The number of nitrogens with zero attached hydrogens (tertiary/aromatic N) is 2. The van der Waals surface area contributed by atoms with Crippen LogP contribution in [-0.2, 0) is 4.79 Å². The van der Waals surface area contributed by atoms with Gasteiger partial charge in [0.2, 0.25) is 5.91 Å². The number of nitrogens with two attached hydrogens (primary N) is 1. The van der Waals surface area contributed by atoms with Gasteiger partial charge in [0, 0.05) is 19.6 Å². The Morgan fingerprint density at radius 1 is 1.12 bits per heavy atom. The van der Waals surface area contributed by atoms with Gasteiger partial charge in [-0.05, 0) is 33.9 Å². The lowest BCUT2D eigenvalue weighted by Crippen LogP contribution is -2.54. The molecule has 0 aliphatic carbocycles. The Labute approximate surface area is 106 Å². The molecule has 1 unspecified atom stereocenters. The van der Waals surface area contributed by atoms with Crippen molar-refractivity contribution in [3.63, 3.8) is 0 Å². The summed E-state index contributed by atoms with van der Waals surface area (Å²) in [7, 11) is 4.03. The third-order valence-corrected chi connectivity index (χ3v) is 2.86. The summed E-state index contributed by atoms with van der Waals surface area (Å²) in [5, 5.41) is 0. The van der Waals surface area contributed by atoms with E-state index in [1.165, 1.54) is 0 Å². The van der Waals surface area contributed by atoms with Gasteiger partial charge in [0.1, 0.15) is 0 Å². The largest absolute Gasteiger partial charge is 0.340 e. The summed E-state index contributed by atoms with van der Waals surface area (Å²) in [6, 6.07) is 0. The first kappa shape index (κ1) is 16.4. The second-order valence-corrected chi connectivity index (χ2v) is 5.26. The molecule has 0 bridgehead atoms. The zero-order chi connectivity index (χ0) is 13.5. The Morgan fingerprint density at radius 3 is 2.12 bits per heavy atom. The van der Waals surface area contributed by atoms with E-state index in [-0.39, 0.29) is 5.91 Å². The van der Waals surface area contributed by atoms with Crippen LogP contribution in [0.5, 0.6) is 0 Å². The van der Waals surface area contributed by atoms with Gasteiger partial charge in [0.25, 0.3) is 0 Å². The molecule has 0 fully saturated rings. The van der Waals surface area contributed by atoms with Crippen LogP contribution in [0.15, 0.2) is 0 Å². The Bertz CT molecular complexity index is 227. The van der Waals surface area contributed by atoms with Crippen LogP contribution in [0.2, 0.25) is 0 Å². The van der Waals surface area contributed by atoms with Crippen molar-refractivity contribution < 1.29 is 4.79 Å². The molecule has 4 nitrogen and oxygen atoms in total. The Morgan fingerprint density at radius 2 is 1.71 bits per heavy atom. The van der Waals surface area contributed by atoms with Crippen LogP contribution in [0, 0.1) is 0 Å². The summed E-state index contributed by atoms with van der Waals surface area (Å²) in [5.41, 5.74) is 5.39. The van der Waals surface area contributed by atoms with E-state index < -0.39 is 5.54 Å². The predicted molar refractivity (Wildman–Crippen MR) is 72.9 cm³/mol. The molecule has 102 valence electrons. The molecule has 1 amide bonds. The average molecular weight is 243 g/mol. The maximum absolute atomic E-state index is 12.3. The smallest absolute Gasteiger partial charge is 0.242 e. The fourth-order valence-corrected chi connectivity index (χ4v) is 1.89. The van der Waals surface area contributed by atoms with E-state index in [0.717, 1.165) is 38.9 Å². The fraction of sp³-hybridized carbons (Fsp3) is 0.923. The van der Waals surface area contributed by atoms with Crippen LogP contribution < -0.4 is 5.73 Å². The number of likely N-dealkylation sites (N-methyl/N-ethyl adjacent to an activating group) is 1. The molecule has 0 aromatic heterocycles. The number of amides is 1. The van der Waals surface area contributed by atoms with Gasteiger partial charge < -0.3 is 15.5 Å². The van der Waals surface area contributed by atoms with Gasteiger partial charge in [0.15, 0.2) is 0 Å². The second-order valence-electron chi connectivity index (χ2n) is 5.26. The van der Waals surface area contributed by atoms with E-state index in [4.69, 9.17) is 5.73 Å². The molecule has 0 aromatic rings. The lowest BCUT2D eigenvalue weighted by Gasteiger charge is -2.32. The van der Waals surface area contributed by atoms with Crippen molar-refractivity contribution in [3.05, 3.63) is 0 Å². The van der Waals surface area contributed by atoms with Crippen molar-refractivity contribution in [2.75, 3.05) is 33.7 Å². The number of rotatable bonds is 8. The molecule has 0 aliphatic rings. The van der Waals surface area contributed by atoms with E-state index >= 15 is 0 Å². The first-order valence-corrected chi connectivity index (χ1v) is 6.58. The highest BCUT2D eigenvalue weighted by Gasteiger charge is 2.31. The third kappa shape index (κ3) is 6.03. The average Bonchev–Trinajstić information content (AvgIpc) is 2.22. The Kier molecular flexibility index (Phi) is 7.39. The summed E-state index contributed by atoms with van der Waals surface area (Å²) >= 11 is 0.